The van der Waals surface area contributed by atoms with E-state index in [9.17, 15) is 0 Å². The number of hydrogen-bond acceptors (Lipinski definition) is 4. The highest BCUT2D eigenvalue weighted by molar-refractivity contribution is 6.32. The molecular formula is C14H11Cl2N5. The highest BCUT2D eigenvalue weighted by Crippen LogP contribution is 2.29. The quantitative estimate of drug-likeness (QED) is 0.733. The van der Waals surface area contributed by atoms with Crippen molar-refractivity contribution in [1.29, 1.82) is 0 Å². The fourth-order valence-electron chi connectivity index (χ4n) is 2.15. The summed E-state index contributed by atoms with van der Waals surface area (Å²) in [5.74, 6) is 0.528. The highest BCUT2D eigenvalue weighted by Gasteiger charge is 2.15. The van der Waals surface area contributed by atoms with Crippen LogP contribution >= 0.6 is 23.2 Å². The predicted molar refractivity (Wildman–Crippen MR) is 83.8 cm³/mol. The van der Waals surface area contributed by atoms with Crippen molar-refractivity contribution in [3.63, 3.8) is 0 Å². The molecule has 0 fully saturated rings. The Hall–Kier alpha value is -2.11. The van der Waals surface area contributed by atoms with Gasteiger partial charge in [0, 0.05) is 16.3 Å². The Morgan fingerprint density at radius 2 is 1.95 bits per heavy atom. The Bertz CT molecular complexity index is 772. The first-order chi connectivity index (χ1) is 10.1. The molecule has 0 spiro atoms. The van der Waals surface area contributed by atoms with Crippen molar-refractivity contribution in [2.75, 3.05) is 5.73 Å². The molecule has 0 aliphatic carbocycles. The molecule has 3 rings (SSSR count). The van der Waals surface area contributed by atoms with E-state index in [0.29, 0.717) is 21.6 Å². The van der Waals surface area contributed by atoms with Crippen LogP contribution in [-0.4, -0.2) is 20.2 Å². The van der Waals surface area contributed by atoms with Gasteiger partial charge in [-0.05, 0) is 47.2 Å². The molecule has 0 saturated carbocycles. The second-order valence-corrected chi connectivity index (χ2v) is 5.44. The second kappa shape index (κ2) is 5.35. The van der Waals surface area contributed by atoms with E-state index in [-0.39, 0.29) is 0 Å². The van der Waals surface area contributed by atoms with Gasteiger partial charge in [0.1, 0.15) is 0 Å². The van der Waals surface area contributed by atoms with E-state index in [1.165, 1.54) is 0 Å². The van der Waals surface area contributed by atoms with Crippen LogP contribution in [0.15, 0.2) is 36.4 Å². The lowest BCUT2D eigenvalue weighted by atomic mass is 10.1. The van der Waals surface area contributed by atoms with Crippen LogP contribution in [0.2, 0.25) is 10.0 Å². The summed E-state index contributed by atoms with van der Waals surface area (Å²) in [5.41, 5.74) is 8.79. The normalized spacial score (nSPS) is 10.8. The number of para-hydroxylation sites is 1. The third kappa shape index (κ3) is 2.57. The van der Waals surface area contributed by atoms with Crippen LogP contribution < -0.4 is 5.73 Å². The average Bonchev–Trinajstić information content (AvgIpc) is 2.86. The van der Waals surface area contributed by atoms with Gasteiger partial charge in [0.25, 0.3) is 0 Å². The SMILES string of the molecule is Cc1cccc(Cl)c1-n1nnnc1-c1cc(N)cc(Cl)c1. The zero-order valence-electron chi connectivity index (χ0n) is 11.1. The van der Waals surface area contributed by atoms with Gasteiger partial charge in [-0.1, -0.05) is 35.3 Å². The highest BCUT2D eigenvalue weighted by atomic mass is 35.5. The van der Waals surface area contributed by atoms with E-state index in [1.54, 1.807) is 28.9 Å². The third-order valence-electron chi connectivity index (χ3n) is 3.05. The van der Waals surface area contributed by atoms with E-state index < -0.39 is 0 Å². The number of tetrazole rings is 1. The summed E-state index contributed by atoms with van der Waals surface area (Å²) in [6.07, 6.45) is 0. The first-order valence-electron chi connectivity index (χ1n) is 6.16. The fraction of sp³-hybridized carbons (Fsp3) is 0.0714. The molecule has 1 aromatic heterocycles. The van der Waals surface area contributed by atoms with Crippen molar-refractivity contribution in [2.24, 2.45) is 0 Å². The van der Waals surface area contributed by atoms with E-state index in [2.05, 4.69) is 15.5 Å². The largest absolute Gasteiger partial charge is 0.399 e. The number of nitrogens with two attached hydrogens (primary N) is 1. The third-order valence-corrected chi connectivity index (χ3v) is 3.57. The van der Waals surface area contributed by atoms with Crippen LogP contribution in [0.4, 0.5) is 5.69 Å². The number of halogens is 2. The van der Waals surface area contributed by atoms with Gasteiger partial charge in [0.2, 0.25) is 0 Å². The number of benzene rings is 2. The first-order valence-corrected chi connectivity index (χ1v) is 6.92. The number of nitrogen functional groups attached to an aromatic ring is 1. The Morgan fingerprint density at radius 1 is 1.14 bits per heavy atom. The summed E-state index contributed by atoms with van der Waals surface area (Å²) in [7, 11) is 0. The maximum absolute atomic E-state index is 6.28. The van der Waals surface area contributed by atoms with Gasteiger partial charge in [-0.25, -0.2) is 0 Å². The molecule has 106 valence electrons. The lowest BCUT2D eigenvalue weighted by Gasteiger charge is -2.10. The summed E-state index contributed by atoms with van der Waals surface area (Å²) in [5, 5.41) is 12.9. The minimum atomic E-state index is 0.524. The summed E-state index contributed by atoms with van der Waals surface area (Å²) >= 11 is 12.3. The van der Waals surface area contributed by atoms with Gasteiger partial charge in [-0.15, -0.1) is 5.10 Å². The van der Waals surface area contributed by atoms with Crippen LogP contribution in [0.5, 0.6) is 0 Å². The molecule has 0 amide bonds. The molecule has 0 unspecified atom stereocenters. The number of aromatic nitrogens is 4. The Labute approximate surface area is 131 Å². The summed E-state index contributed by atoms with van der Waals surface area (Å²) in [6, 6.07) is 10.8. The Morgan fingerprint density at radius 3 is 2.67 bits per heavy atom. The zero-order chi connectivity index (χ0) is 15.0. The van der Waals surface area contributed by atoms with Crippen molar-refractivity contribution < 1.29 is 0 Å². The average molecular weight is 320 g/mol. The van der Waals surface area contributed by atoms with E-state index in [4.69, 9.17) is 28.9 Å². The molecule has 0 aliphatic heterocycles. The van der Waals surface area contributed by atoms with Crippen molar-refractivity contribution in [3.8, 4) is 17.1 Å². The van der Waals surface area contributed by atoms with Gasteiger partial charge in [-0.3, -0.25) is 0 Å². The molecule has 0 aliphatic rings. The Balaban J connectivity index is 2.22. The molecule has 0 bridgehead atoms. The van der Waals surface area contributed by atoms with Gasteiger partial charge < -0.3 is 5.73 Å². The minimum Gasteiger partial charge on any atom is -0.399 e. The maximum Gasteiger partial charge on any atom is 0.187 e. The van der Waals surface area contributed by atoms with Crippen LogP contribution in [0, 0.1) is 6.92 Å². The first kappa shape index (κ1) is 13.9. The summed E-state index contributed by atoms with van der Waals surface area (Å²) in [6.45, 7) is 1.94. The number of rotatable bonds is 2. The van der Waals surface area contributed by atoms with Crippen molar-refractivity contribution >= 4 is 28.9 Å². The number of hydrogen-bond donors (Lipinski definition) is 1. The van der Waals surface area contributed by atoms with Crippen LogP contribution in [0.25, 0.3) is 17.1 Å². The summed E-state index contributed by atoms with van der Waals surface area (Å²) in [4.78, 5) is 0. The fourth-order valence-corrected chi connectivity index (χ4v) is 2.70. The molecular weight excluding hydrogens is 309 g/mol. The molecule has 7 heteroatoms. The molecule has 2 aromatic carbocycles. The second-order valence-electron chi connectivity index (χ2n) is 4.59. The monoisotopic (exact) mass is 319 g/mol. The number of nitrogens with zero attached hydrogens (tertiary/aromatic N) is 4. The molecule has 21 heavy (non-hydrogen) atoms. The molecule has 2 N–H and O–H groups in total. The Kier molecular flexibility index (Phi) is 3.53. The zero-order valence-corrected chi connectivity index (χ0v) is 12.6. The van der Waals surface area contributed by atoms with Gasteiger partial charge in [0.15, 0.2) is 5.82 Å². The lowest BCUT2D eigenvalue weighted by Crippen LogP contribution is -2.03. The number of anilines is 1. The van der Waals surface area contributed by atoms with E-state index >= 15 is 0 Å². The van der Waals surface area contributed by atoms with Crippen molar-refractivity contribution in [3.05, 3.63) is 52.0 Å². The molecule has 0 atom stereocenters. The molecule has 0 saturated heterocycles. The molecule has 5 nitrogen and oxygen atoms in total. The summed E-state index contributed by atoms with van der Waals surface area (Å²) < 4.78 is 1.59. The van der Waals surface area contributed by atoms with Crippen molar-refractivity contribution in [1.82, 2.24) is 20.2 Å². The smallest absolute Gasteiger partial charge is 0.187 e. The van der Waals surface area contributed by atoms with Crippen molar-refractivity contribution in [2.45, 2.75) is 6.92 Å². The van der Waals surface area contributed by atoms with E-state index in [0.717, 1.165) is 16.8 Å². The number of aryl methyl sites for hydroxylation is 1. The lowest BCUT2D eigenvalue weighted by molar-refractivity contribution is 0.787. The predicted octanol–water partition coefficient (Wildman–Crippen LogP) is 3.53. The van der Waals surface area contributed by atoms with Crippen LogP contribution in [-0.2, 0) is 0 Å². The van der Waals surface area contributed by atoms with E-state index in [1.807, 2.05) is 19.1 Å². The van der Waals surface area contributed by atoms with Gasteiger partial charge in [0.05, 0.1) is 10.7 Å². The molecule has 1 heterocycles. The maximum atomic E-state index is 6.28. The topological polar surface area (TPSA) is 69.6 Å². The van der Waals surface area contributed by atoms with Gasteiger partial charge >= 0.3 is 0 Å². The molecule has 0 radical (unpaired) electrons. The van der Waals surface area contributed by atoms with Gasteiger partial charge in [-0.2, -0.15) is 4.68 Å². The minimum absolute atomic E-state index is 0.524. The molecule has 3 aromatic rings. The van der Waals surface area contributed by atoms with Crippen LogP contribution in [0.3, 0.4) is 0 Å². The van der Waals surface area contributed by atoms with Crippen LogP contribution in [0.1, 0.15) is 5.56 Å². The standard InChI is InChI=1S/C14H11Cl2N5/c1-8-3-2-4-12(16)13(8)21-14(18-19-20-21)9-5-10(15)7-11(17)6-9/h2-7H,17H2,1H3.